The third-order valence-corrected chi connectivity index (χ3v) is 5.22. The number of hydrogen-bond donors (Lipinski definition) is 0. The van der Waals surface area contributed by atoms with Gasteiger partial charge in [-0.1, -0.05) is 79.2 Å². The third kappa shape index (κ3) is 5.85. The lowest BCUT2D eigenvalue weighted by Gasteiger charge is -2.28. The van der Waals surface area contributed by atoms with Crippen molar-refractivity contribution < 1.29 is 9.53 Å². The monoisotopic (exact) mass is 407 g/mol. The van der Waals surface area contributed by atoms with E-state index in [2.05, 4.69) is 0 Å². The van der Waals surface area contributed by atoms with Crippen molar-refractivity contribution in [2.24, 2.45) is 0 Å². The van der Waals surface area contributed by atoms with Crippen LogP contribution in [0.25, 0.3) is 0 Å². The first kappa shape index (κ1) is 20.9. The second-order valence-electron chi connectivity index (χ2n) is 7.09. The fourth-order valence-corrected chi connectivity index (χ4v) is 3.30. The summed E-state index contributed by atoms with van der Waals surface area (Å²) in [6.45, 7) is 4.96. The zero-order chi connectivity index (χ0) is 20.6. The molecule has 0 heterocycles. The summed E-state index contributed by atoms with van der Waals surface area (Å²) in [5.41, 5.74) is 3.11. The van der Waals surface area contributed by atoms with E-state index in [1.807, 2.05) is 91.5 Å². The maximum atomic E-state index is 13.4. The van der Waals surface area contributed by atoms with Crippen LogP contribution in [0.4, 0.5) is 0 Å². The van der Waals surface area contributed by atoms with Crippen LogP contribution in [0, 0.1) is 6.92 Å². The molecule has 0 radical (unpaired) electrons. The van der Waals surface area contributed by atoms with Crippen molar-refractivity contribution in [2.75, 3.05) is 0 Å². The summed E-state index contributed by atoms with van der Waals surface area (Å²) in [6.07, 6.45) is 0.0311. The van der Waals surface area contributed by atoms with Crippen LogP contribution in [-0.2, 0) is 17.9 Å². The minimum Gasteiger partial charge on any atom is -0.481 e. The molecule has 0 spiro atoms. The molecule has 1 unspecified atom stereocenters. The summed E-state index contributed by atoms with van der Waals surface area (Å²) in [7, 11) is 0. The van der Waals surface area contributed by atoms with E-state index in [9.17, 15) is 4.79 Å². The van der Waals surface area contributed by atoms with Crippen molar-refractivity contribution in [1.29, 1.82) is 0 Å². The van der Waals surface area contributed by atoms with Crippen molar-refractivity contribution in [2.45, 2.75) is 39.5 Å². The zero-order valence-corrected chi connectivity index (χ0v) is 17.6. The van der Waals surface area contributed by atoms with Gasteiger partial charge in [-0.15, -0.1) is 0 Å². The Balaban J connectivity index is 1.81. The Morgan fingerprint density at radius 3 is 1.97 bits per heavy atom. The lowest BCUT2D eigenvalue weighted by molar-refractivity contribution is -0.140. The van der Waals surface area contributed by atoms with Gasteiger partial charge in [0.15, 0.2) is 6.10 Å². The fraction of sp³-hybridized carbons (Fsp3) is 0.240. The quantitative estimate of drug-likeness (QED) is 0.456. The van der Waals surface area contributed by atoms with Gasteiger partial charge in [-0.3, -0.25) is 4.79 Å². The maximum absolute atomic E-state index is 13.4. The second-order valence-corrected chi connectivity index (χ2v) is 7.50. The minimum atomic E-state index is -0.553. The van der Waals surface area contributed by atoms with Crippen LogP contribution in [0.3, 0.4) is 0 Å². The number of nitrogens with zero attached hydrogens (tertiary/aromatic N) is 1. The van der Waals surface area contributed by atoms with Crippen LogP contribution in [0.2, 0.25) is 5.02 Å². The average Bonchev–Trinajstić information content (AvgIpc) is 2.75. The van der Waals surface area contributed by atoms with Crippen molar-refractivity contribution in [3.05, 3.63) is 101 Å². The number of carbonyl (C=O) groups is 1. The van der Waals surface area contributed by atoms with Gasteiger partial charge in [0, 0.05) is 18.1 Å². The first-order valence-corrected chi connectivity index (χ1v) is 10.2. The van der Waals surface area contributed by atoms with Gasteiger partial charge in [-0.05, 0) is 48.2 Å². The van der Waals surface area contributed by atoms with Gasteiger partial charge in [0.25, 0.3) is 5.91 Å². The molecule has 0 bridgehead atoms. The van der Waals surface area contributed by atoms with Crippen molar-refractivity contribution in [3.8, 4) is 5.75 Å². The Kier molecular flexibility index (Phi) is 7.31. The van der Waals surface area contributed by atoms with Crippen LogP contribution in [0.1, 0.15) is 30.0 Å². The average molecular weight is 408 g/mol. The van der Waals surface area contributed by atoms with E-state index in [4.69, 9.17) is 16.3 Å². The first-order valence-electron chi connectivity index (χ1n) is 9.86. The van der Waals surface area contributed by atoms with Gasteiger partial charge in [-0.25, -0.2) is 0 Å². The highest BCUT2D eigenvalue weighted by molar-refractivity contribution is 6.31. The largest absolute Gasteiger partial charge is 0.481 e. The van der Waals surface area contributed by atoms with E-state index in [0.717, 1.165) is 16.7 Å². The summed E-state index contributed by atoms with van der Waals surface area (Å²) in [6, 6.07) is 25.6. The summed E-state index contributed by atoms with van der Waals surface area (Å²) < 4.78 is 6.07. The third-order valence-electron chi connectivity index (χ3n) is 4.80. The van der Waals surface area contributed by atoms with E-state index in [-0.39, 0.29) is 5.91 Å². The van der Waals surface area contributed by atoms with E-state index >= 15 is 0 Å². The normalized spacial score (nSPS) is 11.7. The highest BCUT2D eigenvalue weighted by atomic mass is 35.5. The number of carbonyl (C=O) groups excluding carboxylic acids is 1. The molecule has 3 nitrogen and oxygen atoms in total. The maximum Gasteiger partial charge on any atom is 0.264 e. The molecule has 1 atom stereocenters. The van der Waals surface area contributed by atoms with E-state index in [1.165, 1.54) is 0 Å². The highest BCUT2D eigenvalue weighted by Gasteiger charge is 2.25. The van der Waals surface area contributed by atoms with Gasteiger partial charge in [0.1, 0.15) is 5.75 Å². The molecule has 0 aliphatic rings. The van der Waals surface area contributed by atoms with Crippen LogP contribution < -0.4 is 4.74 Å². The number of amides is 1. The van der Waals surface area contributed by atoms with E-state index in [0.29, 0.717) is 30.3 Å². The Labute approximate surface area is 177 Å². The Morgan fingerprint density at radius 1 is 0.931 bits per heavy atom. The molecule has 3 aromatic rings. The number of ether oxygens (including phenoxy) is 1. The minimum absolute atomic E-state index is 0.0205. The van der Waals surface area contributed by atoms with Crippen molar-refractivity contribution >= 4 is 17.5 Å². The SMILES string of the molecule is CCC(Oc1ccc(Cl)c(C)c1)C(=O)N(Cc1ccccc1)Cc1ccccc1. The van der Waals surface area contributed by atoms with E-state index < -0.39 is 6.10 Å². The molecular formula is C25H26ClNO2. The molecule has 29 heavy (non-hydrogen) atoms. The molecule has 0 aliphatic carbocycles. The molecule has 3 aromatic carbocycles. The first-order chi connectivity index (χ1) is 14.1. The van der Waals surface area contributed by atoms with Gasteiger partial charge < -0.3 is 9.64 Å². The summed E-state index contributed by atoms with van der Waals surface area (Å²) in [5, 5.41) is 0.687. The van der Waals surface area contributed by atoms with Crippen LogP contribution in [0.5, 0.6) is 5.75 Å². The number of rotatable bonds is 8. The lowest BCUT2D eigenvalue weighted by Crippen LogP contribution is -2.41. The molecule has 0 saturated carbocycles. The topological polar surface area (TPSA) is 29.5 Å². The highest BCUT2D eigenvalue weighted by Crippen LogP contribution is 2.23. The zero-order valence-electron chi connectivity index (χ0n) is 16.8. The molecule has 0 aromatic heterocycles. The van der Waals surface area contributed by atoms with Crippen molar-refractivity contribution in [3.63, 3.8) is 0 Å². The smallest absolute Gasteiger partial charge is 0.264 e. The number of benzene rings is 3. The Bertz CT molecular complexity index is 887. The van der Waals surface area contributed by atoms with Gasteiger partial charge in [-0.2, -0.15) is 0 Å². The summed E-state index contributed by atoms with van der Waals surface area (Å²) in [5.74, 6) is 0.638. The van der Waals surface area contributed by atoms with E-state index in [1.54, 1.807) is 6.07 Å². The lowest BCUT2D eigenvalue weighted by atomic mass is 10.1. The standard InChI is InChI=1S/C25H26ClNO2/c1-3-24(29-22-14-15-23(26)19(2)16-22)25(28)27(17-20-10-6-4-7-11-20)18-21-12-8-5-9-13-21/h4-16,24H,3,17-18H2,1-2H3. The summed E-state index contributed by atoms with van der Waals surface area (Å²) in [4.78, 5) is 15.3. The van der Waals surface area contributed by atoms with Gasteiger partial charge in [0.05, 0.1) is 0 Å². The number of halogens is 1. The second kappa shape index (κ2) is 10.1. The molecule has 150 valence electrons. The molecule has 1 amide bonds. The fourth-order valence-electron chi connectivity index (χ4n) is 3.19. The molecule has 0 aliphatic heterocycles. The van der Waals surface area contributed by atoms with Crippen LogP contribution in [0.15, 0.2) is 78.9 Å². The predicted molar refractivity (Wildman–Crippen MR) is 118 cm³/mol. The molecule has 0 fully saturated rings. The molecule has 4 heteroatoms. The predicted octanol–water partition coefficient (Wildman–Crippen LogP) is 6.03. The van der Waals surface area contributed by atoms with Gasteiger partial charge >= 0.3 is 0 Å². The van der Waals surface area contributed by atoms with Crippen LogP contribution in [-0.4, -0.2) is 16.9 Å². The molecule has 0 N–H and O–H groups in total. The molecular weight excluding hydrogens is 382 g/mol. The van der Waals surface area contributed by atoms with Crippen molar-refractivity contribution in [1.82, 2.24) is 4.90 Å². The van der Waals surface area contributed by atoms with Gasteiger partial charge in [0.2, 0.25) is 0 Å². The number of hydrogen-bond acceptors (Lipinski definition) is 2. The van der Waals surface area contributed by atoms with Crippen LogP contribution >= 0.6 is 11.6 Å². The summed E-state index contributed by atoms with van der Waals surface area (Å²) >= 11 is 6.11. The Morgan fingerprint density at radius 2 is 1.48 bits per heavy atom. The molecule has 3 rings (SSSR count). The molecule has 0 saturated heterocycles. The Hall–Kier alpha value is -2.78. The number of aryl methyl sites for hydroxylation is 1.